The van der Waals surface area contributed by atoms with E-state index < -0.39 is 23.0 Å². The van der Waals surface area contributed by atoms with E-state index in [1.807, 2.05) is 44.2 Å². The van der Waals surface area contributed by atoms with Gasteiger partial charge in [-0.05, 0) is 45.7 Å². The van der Waals surface area contributed by atoms with Crippen LogP contribution < -0.4 is 5.56 Å². The first-order chi connectivity index (χ1) is 16.5. The molecule has 0 bridgehead atoms. The van der Waals surface area contributed by atoms with Crippen LogP contribution in [-0.4, -0.2) is 31.8 Å². The first-order valence-electron chi connectivity index (χ1n) is 11.3. The summed E-state index contributed by atoms with van der Waals surface area (Å²) in [5.74, 6) is -1.19. The second-order valence-corrected chi connectivity index (χ2v) is 10.2. The fourth-order valence-electron chi connectivity index (χ4n) is 4.19. The van der Waals surface area contributed by atoms with E-state index in [1.54, 1.807) is 6.92 Å². The summed E-state index contributed by atoms with van der Waals surface area (Å²) in [5, 5.41) is 21.6. The van der Waals surface area contributed by atoms with E-state index in [4.69, 9.17) is 9.15 Å². The minimum Gasteiger partial charge on any atom is -0.507 e. The molecule has 1 aromatic carbocycles. The Morgan fingerprint density at radius 1 is 1.26 bits per heavy atom. The molecule has 0 aliphatic rings. The fraction of sp³-hybridized carbons (Fsp3) is 0.346. The smallest absolute Gasteiger partial charge is 0.313 e. The Kier molecular flexibility index (Phi) is 6.57. The average molecular weight is 497 g/mol. The van der Waals surface area contributed by atoms with Crippen LogP contribution in [0.1, 0.15) is 50.5 Å². The number of carboxylic acids is 1. The topological polar surface area (TPSA) is 115 Å². The molecular weight excluding hydrogens is 468 g/mol. The summed E-state index contributed by atoms with van der Waals surface area (Å²) in [4.78, 5) is 31.4. The van der Waals surface area contributed by atoms with Gasteiger partial charge in [0.15, 0.2) is 0 Å². The fourth-order valence-corrected chi connectivity index (χ4v) is 5.44. The highest BCUT2D eigenvalue weighted by molar-refractivity contribution is 7.22. The lowest BCUT2D eigenvalue weighted by Gasteiger charge is -2.25. The lowest BCUT2D eigenvalue weighted by molar-refractivity contribution is -0.142. The van der Waals surface area contributed by atoms with Gasteiger partial charge in [-0.1, -0.05) is 30.3 Å². The SMILES string of the molecule is Cc1c(-c2ncco2)sc2c1c(O)c(C(C)(C)C(=O)O)c(=O)n2C[C@H](OC(C)C)c1ccccc1. The standard InChI is InChI=1S/C26H28N2O6S/c1-14(2)34-17(16-9-7-6-8-10-16)13-28-23(30)19(26(4,5)25(31)32)20(29)18-15(3)21(35-24(18)28)22-27-11-12-33-22/h6-12,14,17,29H,13H2,1-5H3,(H,31,32)/t17-/m0/s1. The van der Waals surface area contributed by atoms with Crippen LogP contribution in [0.5, 0.6) is 5.75 Å². The van der Waals surface area contributed by atoms with E-state index in [0.29, 0.717) is 26.5 Å². The van der Waals surface area contributed by atoms with E-state index in [9.17, 15) is 19.8 Å². The maximum absolute atomic E-state index is 13.9. The summed E-state index contributed by atoms with van der Waals surface area (Å²) in [5.41, 5.74) is -0.836. The monoisotopic (exact) mass is 496 g/mol. The van der Waals surface area contributed by atoms with Crippen molar-refractivity contribution in [3.05, 3.63) is 69.8 Å². The molecule has 0 aliphatic heterocycles. The number of carboxylic acid groups (broad SMARTS) is 1. The molecule has 3 aromatic heterocycles. The number of fused-ring (bicyclic) bond motifs is 1. The third-order valence-corrected chi connectivity index (χ3v) is 7.35. The third-order valence-electron chi connectivity index (χ3n) is 6.05. The predicted octanol–water partition coefficient (Wildman–Crippen LogP) is 5.26. The number of hydrogen-bond acceptors (Lipinski definition) is 7. The molecule has 0 aliphatic carbocycles. The molecule has 0 amide bonds. The van der Waals surface area contributed by atoms with Gasteiger partial charge >= 0.3 is 5.97 Å². The molecule has 0 radical (unpaired) electrons. The Morgan fingerprint density at radius 2 is 1.94 bits per heavy atom. The highest BCUT2D eigenvalue weighted by atomic mass is 32.1. The number of oxazole rings is 1. The molecule has 0 saturated heterocycles. The zero-order chi connectivity index (χ0) is 25.5. The number of aryl methyl sites for hydroxylation is 1. The van der Waals surface area contributed by atoms with Crippen LogP contribution in [0.3, 0.4) is 0 Å². The zero-order valence-corrected chi connectivity index (χ0v) is 21.0. The van der Waals surface area contributed by atoms with Crippen molar-refractivity contribution >= 4 is 27.5 Å². The molecule has 0 fully saturated rings. The molecule has 2 N–H and O–H groups in total. The van der Waals surface area contributed by atoms with E-state index in [2.05, 4.69) is 4.98 Å². The second kappa shape index (κ2) is 9.31. The largest absolute Gasteiger partial charge is 0.507 e. The summed E-state index contributed by atoms with van der Waals surface area (Å²) >= 11 is 1.26. The zero-order valence-electron chi connectivity index (χ0n) is 20.2. The number of hydrogen-bond donors (Lipinski definition) is 2. The van der Waals surface area contributed by atoms with Crippen molar-refractivity contribution < 1.29 is 24.2 Å². The Bertz CT molecular complexity index is 1420. The van der Waals surface area contributed by atoms with Crippen LogP contribution in [0, 0.1) is 6.92 Å². The number of aromatic hydroxyl groups is 1. The Balaban J connectivity index is 2.03. The minimum atomic E-state index is -1.63. The molecule has 3 heterocycles. The second-order valence-electron chi connectivity index (χ2n) is 9.23. The molecule has 8 nitrogen and oxygen atoms in total. The van der Waals surface area contributed by atoms with Crippen LogP contribution in [0.15, 0.2) is 52.0 Å². The van der Waals surface area contributed by atoms with Crippen LogP contribution >= 0.6 is 11.3 Å². The lowest BCUT2D eigenvalue weighted by Crippen LogP contribution is -2.38. The van der Waals surface area contributed by atoms with Crippen molar-refractivity contribution in [2.75, 3.05) is 0 Å². The van der Waals surface area contributed by atoms with E-state index in [1.165, 1.54) is 42.2 Å². The molecule has 4 aromatic rings. The van der Waals surface area contributed by atoms with Gasteiger partial charge < -0.3 is 19.4 Å². The molecule has 4 rings (SSSR count). The molecule has 0 spiro atoms. The Labute approximate surface area is 206 Å². The number of benzene rings is 1. The van der Waals surface area contributed by atoms with Crippen molar-refractivity contribution in [3.8, 4) is 16.5 Å². The number of aliphatic carboxylic acids is 1. The summed E-state index contributed by atoms with van der Waals surface area (Å²) in [6.07, 6.45) is 2.38. The normalized spacial score (nSPS) is 13.0. The van der Waals surface area contributed by atoms with Crippen LogP contribution in [-0.2, 0) is 21.5 Å². The van der Waals surface area contributed by atoms with Gasteiger partial charge in [0.2, 0.25) is 5.89 Å². The summed E-state index contributed by atoms with van der Waals surface area (Å²) in [7, 11) is 0. The van der Waals surface area contributed by atoms with E-state index >= 15 is 0 Å². The summed E-state index contributed by atoms with van der Waals surface area (Å²) < 4.78 is 13.2. The molecule has 0 saturated carbocycles. The van der Waals surface area contributed by atoms with Gasteiger partial charge in [-0.3, -0.25) is 14.2 Å². The van der Waals surface area contributed by atoms with Gasteiger partial charge in [-0.2, -0.15) is 0 Å². The average Bonchev–Trinajstić information content (AvgIpc) is 3.44. The number of nitrogens with zero attached hydrogens (tertiary/aromatic N) is 2. The number of carbonyl (C=O) groups is 1. The van der Waals surface area contributed by atoms with Gasteiger partial charge in [-0.25, -0.2) is 4.98 Å². The van der Waals surface area contributed by atoms with Gasteiger partial charge in [0.05, 0.1) is 40.1 Å². The highest BCUT2D eigenvalue weighted by Gasteiger charge is 2.38. The number of rotatable bonds is 8. The first kappa shape index (κ1) is 24.7. The molecule has 0 unspecified atom stereocenters. The number of thiophene rings is 1. The van der Waals surface area contributed by atoms with Crippen molar-refractivity contribution in [2.45, 2.75) is 58.8 Å². The van der Waals surface area contributed by atoms with Crippen LogP contribution in [0.4, 0.5) is 0 Å². The Hall–Kier alpha value is -3.43. The minimum absolute atomic E-state index is 0.119. The van der Waals surface area contributed by atoms with Crippen molar-refractivity contribution in [1.82, 2.24) is 9.55 Å². The Morgan fingerprint density at radius 3 is 2.51 bits per heavy atom. The quantitative estimate of drug-likeness (QED) is 0.342. The van der Waals surface area contributed by atoms with Gasteiger partial charge in [0.25, 0.3) is 5.56 Å². The third kappa shape index (κ3) is 4.37. The molecular formula is C26H28N2O6S. The molecule has 184 valence electrons. The van der Waals surface area contributed by atoms with Crippen LogP contribution in [0.2, 0.25) is 0 Å². The summed E-state index contributed by atoms with van der Waals surface area (Å²) in [6.45, 7) is 8.59. The summed E-state index contributed by atoms with van der Waals surface area (Å²) in [6, 6.07) is 9.55. The van der Waals surface area contributed by atoms with Gasteiger partial charge in [-0.15, -0.1) is 11.3 Å². The number of aromatic nitrogens is 2. The number of ether oxygens (including phenoxy) is 1. The predicted molar refractivity (Wildman–Crippen MR) is 134 cm³/mol. The first-order valence-corrected chi connectivity index (χ1v) is 12.1. The van der Waals surface area contributed by atoms with Gasteiger partial charge in [0.1, 0.15) is 22.9 Å². The van der Waals surface area contributed by atoms with Gasteiger partial charge in [0, 0.05) is 0 Å². The van der Waals surface area contributed by atoms with E-state index in [-0.39, 0.29) is 24.0 Å². The number of pyridine rings is 1. The van der Waals surface area contributed by atoms with Crippen molar-refractivity contribution in [2.24, 2.45) is 0 Å². The van der Waals surface area contributed by atoms with E-state index in [0.717, 1.165) is 5.56 Å². The maximum Gasteiger partial charge on any atom is 0.313 e. The highest BCUT2D eigenvalue weighted by Crippen LogP contribution is 2.44. The molecule has 1 atom stereocenters. The van der Waals surface area contributed by atoms with Crippen molar-refractivity contribution in [3.63, 3.8) is 0 Å². The lowest BCUT2D eigenvalue weighted by atomic mass is 9.84. The van der Waals surface area contributed by atoms with Crippen LogP contribution in [0.25, 0.3) is 21.0 Å². The molecule has 35 heavy (non-hydrogen) atoms. The maximum atomic E-state index is 13.9. The molecule has 9 heteroatoms. The van der Waals surface area contributed by atoms with Crippen molar-refractivity contribution in [1.29, 1.82) is 0 Å².